The first kappa shape index (κ1) is 17.9. The zero-order valence-electron chi connectivity index (χ0n) is 13.6. The maximum atomic E-state index is 12.5. The number of ether oxygens (including phenoxy) is 2. The Kier molecular flexibility index (Phi) is 6.13. The monoisotopic (exact) mass is 340 g/mol. The summed E-state index contributed by atoms with van der Waals surface area (Å²) in [7, 11) is 1.59. The highest BCUT2D eigenvalue weighted by molar-refractivity contribution is 5.95. The Morgan fingerprint density at radius 3 is 2.57 bits per heavy atom. The average Bonchev–Trinajstić information content (AvgIpc) is 2.86. The van der Waals surface area contributed by atoms with Crippen LogP contribution in [0.3, 0.4) is 0 Å². The number of amides is 1. The van der Waals surface area contributed by atoms with Crippen LogP contribution in [-0.4, -0.2) is 37.7 Å². The van der Waals surface area contributed by atoms with Crippen LogP contribution in [0, 0.1) is 0 Å². The van der Waals surface area contributed by atoms with E-state index in [-0.39, 0.29) is 24.4 Å². The van der Waals surface area contributed by atoms with Crippen LogP contribution in [0.15, 0.2) is 18.2 Å². The van der Waals surface area contributed by atoms with E-state index in [1.807, 2.05) is 6.92 Å². The Morgan fingerprint density at radius 1 is 1.26 bits per heavy atom. The van der Waals surface area contributed by atoms with Crippen LogP contribution in [0.5, 0.6) is 11.5 Å². The number of methoxy groups -OCH3 is 1. The van der Waals surface area contributed by atoms with Gasteiger partial charge in [0.1, 0.15) is 0 Å². The fraction of sp³-hybridized carbons (Fsp3) is 0.588. The molecule has 2 N–H and O–H groups in total. The fourth-order valence-corrected chi connectivity index (χ4v) is 3.53. The molecule has 5 nitrogen and oxygen atoms in total. The molecule has 0 radical (unpaired) electrons. The van der Waals surface area contributed by atoms with Gasteiger partial charge in [0.15, 0.2) is 11.5 Å². The SMILES string of the molecule is CCOc1ccc(C(=O)NC2CC3CCC(C2)N3)cc1OC.Cl. The third-order valence-electron chi connectivity index (χ3n) is 4.53. The molecule has 2 aliphatic heterocycles. The Labute approximate surface area is 143 Å². The van der Waals surface area contributed by atoms with Crippen LogP contribution in [0.2, 0.25) is 0 Å². The molecule has 2 unspecified atom stereocenters. The number of halogens is 1. The first-order chi connectivity index (χ1) is 10.7. The number of fused-ring (bicyclic) bond motifs is 2. The molecule has 2 atom stereocenters. The van der Waals surface area contributed by atoms with Crippen LogP contribution in [0.1, 0.15) is 43.0 Å². The molecule has 2 fully saturated rings. The van der Waals surface area contributed by atoms with Crippen molar-refractivity contribution >= 4 is 18.3 Å². The van der Waals surface area contributed by atoms with Crippen molar-refractivity contribution in [2.45, 2.75) is 50.7 Å². The summed E-state index contributed by atoms with van der Waals surface area (Å²) in [5.41, 5.74) is 0.617. The molecule has 2 saturated heterocycles. The van der Waals surface area contributed by atoms with Gasteiger partial charge in [-0.3, -0.25) is 4.79 Å². The highest BCUT2D eigenvalue weighted by Gasteiger charge is 2.34. The normalized spacial score (nSPS) is 25.4. The number of carbonyl (C=O) groups excluding carboxylic acids is 1. The van der Waals surface area contributed by atoms with E-state index in [2.05, 4.69) is 10.6 Å². The third kappa shape index (κ3) is 4.09. The summed E-state index contributed by atoms with van der Waals surface area (Å²) in [6.45, 7) is 2.49. The van der Waals surface area contributed by atoms with Crippen molar-refractivity contribution in [3.8, 4) is 11.5 Å². The van der Waals surface area contributed by atoms with Crippen LogP contribution in [-0.2, 0) is 0 Å². The Balaban J connectivity index is 0.00000192. The molecule has 2 heterocycles. The second-order valence-electron chi connectivity index (χ2n) is 6.08. The Bertz CT molecular complexity index is 541. The number of carbonyl (C=O) groups is 1. The van der Waals surface area contributed by atoms with E-state index in [1.54, 1.807) is 25.3 Å². The second-order valence-corrected chi connectivity index (χ2v) is 6.08. The van der Waals surface area contributed by atoms with Crippen molar-refractivity contribution in [1.82, 2.24) is 10.6 Å². The summed E-state index contributed by atoms with van der Waals surface area (Å²) < 4.78 is 10.8. The molecule has 2 aliphatic rings. The summed E-state index contributed by atoms with van der Waals surface area (Å²) in [6, 6.07) is 6.74. The molecule has 3 rings (SSSR count). The standard InChI is InChI=1S/C17H24N2O3.ClH/c1-3-22-15-7-4-11(8-16(15)21-2)17(20)19-14-9-12-5-6-13(10-14)18-12;/h4,7-8,12-14,18H,3,5-6,9-10H2,1-2H3,(H,19,20);1H. The highest BCUT2D eigenvalue weighted by Crippen LogP contribution is 2.29. The summed E-state index contributed by atoms with van der Waals surface area (Å²) in [6.07, 6.45) is 4.51. The molecule has 6 heteroatoms. The summed E-state index contributed by atoms with van der Waals surface area (Å²) >= 11 is 0. The Hall–Kier alpha value is -1.46. The first-order valence-electron chi connectivity index (χ1n) is 8.07. The largest absolute Gasteiger partial charge is 0.493 e. The van der Waals surface area contributed by atoms with Gasteiger partial charge in [0.05, 0.1) is 13.7 Å². The highest BCUT2D eigenvalue weighted by atomic mass is 35.5. The number of hydrogen-bond acceptors (Lipinski definition) is 4. The van der Waals surface area contributed by atoms with E-state index >= 15 is 0 Å². The van der Waals surface area contributed by atoms with Crippen LogP contribution in [0.25, 0.3) is 0 Å². The zero-order chi connectivity index (χ0) is 15.5. The van der Waals surface area contributed by atoms with Crippen LogP contribution >= 0.6 is 12.4 Å². The molecule has 0 spiro atoms. The number of piperidine rings is 1. The number of benzene rings is 1. The fourth-order valence-electron chi connectivity index (χ4n) is 3.53. The van der Waals surface area contributed by atoms with Gasteiger partial charge in [-0.05, 0) is 50.8 Å². The molecule has 23 heavy (non-hydrogen) atoms. The van der Waals surface area contributed by atoms with E-state index < -0.39 is 0 Å². The number of nitrogens with one attached hydrogen (secondary N) is 2. The van der Waals surface area contributed by atoms with E-state index in [0.29, 0.717) is 35.8 Å². The van der Waals surface area contributed by atoms with Gasteiger partial charge in [-0.15, -0.1) is 12.4 Å². The molecular weight excluding hydrogens is 316 g/mol. The van der Waals surface area contributed by atoms with Crippen molar-refractivity contribution in [2.75, 3.05) is 13.7 Å². The summed E-state index contributed by atoms with van der Waals surface area (Å²) in [4.78, 5) is 12.5. The first-order valence-corrected chi connectivity index (χ1v) is 8.07. The van der Waals surface area contributed by atoms with Crippen LogP contribution < -0.4 is 20.1 Å². The minimum absolute atomic E-state index is 0. The zero-order valence-corrected chi connectivity index (χ0v) is 14.4. The quantitative estimate of drug-likeness (QED) is 0.864. The lowest BCUT2D eigenvalue weighted by Crippen LogP contribution is -2.48. The minimum atomic E-state index is -0.0346. The number of rotatable bonds is 5. The van der Waals surface area contributed by atoms with E-state index in [0.717, 1.165) is 12.8 Å². The van der Waals surface area contributed by atoms with Crippen molar-refractivity contribution in [3.05, 3.63) is 23.8 Å². The number of hydrogen-bond donors (Lipinski definition) is 2. The lowest BCUT2D eigenvalue weighted by Gasteiger charge is -2.29. The van der Waals surface area contributed by atoms with Gasteiger partial charge in [-0.1, -0.05) is 0 Å². The predicted molar refractivity (Wildman–Crippen MR) is 91.8 cm³/mol. The van der Waals surface area contributed by atoms with Crippen LogP contribution in [0.4, 0.5) is 0 Å². The van der Waals surface area contributed by atoms with Crippen molar-refractivity contribution < 1.29 is 14.3 Å². The maximum Gasteiger partial charge on any atom is 0.251 e. The minimum Gasteiger partial charge on any atom is -0.493 e. The van der Waals surface area contributed by atoms with Gasteiger partial charge in [0.2, 0.25) is 0 Å². The van der Waals surface area contributed by atoms with Crippen molar-refractivity contribution in [3.63, 3.8) is 0 Å². The van der Waals surface area contributed by atoms with Gasteiger partial charge in [0.25, 0.3) is 5.91 Å². The van der Waals surface area contributed by atoms with Crippen molar-refractivity contribution in [1.29, 1.82) is 0 Å². The second kappa shape index (κ2) is 7.88. The lowest BCUT2D eigenvalue weighted by molar-refractivity contribution is 0.0923. The van der Waals surface area contributed by atoms with Gasteiger partial charge >= 0.3 is 0 Å². The van der Waals surface area contributed by atoms with Crippen molar-refractivity contribution in [2.24, 2.45) is 0 Å². The predicted octanol–water partition coefficient (Wildman–Crippen LogP) is 2.53. The Morgan fingerprint density at radius 2 is 1.96 bits per heavy atom. The lowest BCUT2D eigenvalue weighted by atomic mass is 9.99. The molecule has 1 aromatic rings. The molecule has 1 aromatic carbocycles. The van der Waals surface area contributed by atoms with E-state index in [9.17, 15) is 4.79 Å². The van der Waals surface area contributed by atoms with E-state index in [1.165, 1.54) is 12.8 Å². The third-order valence-corrected chi connectivity index (χ3v) is 4.53. The van der Waals surface area contributed by atoms with E-state index in [4.69, 9.17) is 9.47 Å². The maximum absolute atomic E-state index is 12.5. The summed E-state index contributed by atoms with van der Waals surface area (Å²) in [5, 5.41) is 6.75. The smallest absolute Gasteiger partial charge is 0.251 e. The topological polar surface area (TPSA) is 59.6 Å². The average molecular weight is 341 g/mol. The van der Waals surface area contributed by atoms with Gasteiger partial charge in [0, 0.05) is 23.7 Å². The van der Waals surface area contributed by atoms with Gasteiger partial charge in [-0.2, -0.15) is 0 Å². The molecular formula is C17H25ClN2O3. The molecule has 0 aromatic heterocycles. The molecule has 1 amide bonds. The molecule has 0 aliphatic carbocycles. The molecule has 128 valence electrons. The van der Waals surface area contributed by atoms with Gasteiger partial charge < -0.3 is 20.1 Å². The van der Waals surface area contributed by atoms with Gasteiger partial charge in [-0.25, -0.2) is 0 Å². The summed E-state index contributed by atoms with van der Waals surface area (Å²) in [5.74, 6) is 1.23. The molecule has 0 saturated carbocycles. The molecule has 2 bridgehead atoms.